The van der Waals surface area contributed by atoms with Gasteiger partial charge in [-0.2, -0.15) is 0 Å². The third-order valence-corrected chi connectivity index (χ3v) is 3.65. The van der Waals surface area contributed by atoms with E-state index in [9.17, 15) is 0 Å². The molecule has 2 aromatic carbocycles. The van der Waals surface area contributed by atoms with E-state index in [0.717, 1.165) is 33.5 Å². The van der Waals surface area contributed by atoms with E-state index in [-0.39, 0.29) is 0 Å². The van der Waals surface area contributed by atoms with Crippen molar-refractivity contribution in [2.75, 3.05) is 24.7 Å². The predicted molar refractivity (Wildman–Crippen MR) is 90.9 cm³/mol. The summed E-state index contributed by atoms with van der Waals surface area (Å²) in [5, 5.41) is 1.75. The van der Waals surface area contributed by atoms with E-state index in [4.69, 9.17) is 22.3 Å². The molecule has 106 valence electrons. The Morgan fingerprint density at radius 2 is 1.86 bits per heavy atom. The van der Waals surface area contributed by atoms with Gasteiger partial charge in [0.25, 0.3) is 0 Å². The van der Waals surface area contributed by atoms with E-state index in [1.165, 1.54) is 0 Å². The smallest absolute Gasteiger partial charge is 0.0731 e. The zero-order valence-corrected chi connectivity index (χ0v) is 12.7. The van der Waals surface area contributed by atoms with Crippen LogP contribution in [-0.2, 0) is 0 Å². The van der Waals surface area contributed by atoms with Crippen LogP contribution in [0.3, 0.4) is 0 Å². The highest BCUT2D eigenvalue weighted by molar-refractivity contribution is 6.30. The van der Waals surface area contributed by atoms with Gasteiger partial charge >= 0.3 is 0 Å². The maximum absolute atomic E-state index is 6.08. The van der Waals surface area contributed by atoms with Crippen LogP contribution < -0.4 is 10.6 Å². The Morgan fingerprint density at radius 1 is 1.05 bits per heavy atom. The van der Waals surface area contributed by atoms with Crippen LogP contribution in [0.1, 0.15) is 0 Å². The van der Waals surface area contributed by atoms with E-state index < -0.39 is 0 Å². The lowest BCUT2D eigenvalue weighted by Gasteiger charge is -2.17. The summed E-state index contributed by atoms with van der Waals surface area (Å²) in [6.07, 6.45) is 0. The molecular formula is C17H16ClN3. The maximum atomic E-state index is 6.08. The first kappa shape index (κ1) is 13.7. The fourth-order valence-electron chi connectivity index (χ4n) is 2.39. The summed E-state index contributed by atoms with van der Waals surface area (Å²) < 4.78 is 0. The number of anilines is 2. The van der Waals surface area contributed by atoms with Crippen molar-refractivity contribution in [3.63, 3.8) is 0 Å². The highest BCUT2D eigenvalue weighted by Crippen LogP contribution is 2.31. The van der Waals surface area contributed by atoms with Crippen LogP contribution in [0.25, 0.3) is 22.2 Å². The summed E-state index contributed by atoms with van der Waals surface area (Å²) >= 11 is 6.08. The Balaban J connectivity index is 2.28. The highest BCUT2D eigenvalue weighted by atomic mass is 35.5. The minimum Gasteiger partial charge on any atom is -0.399 e. The normalized spacial score (nSPS) is 10.8. The molecule has 3 aromatic rings. The molecule has 0 saturated heterocycles. The molecule has 1 aromatic heterocycles. The first-order valence-corrected chi connectivity index (χ1v) is 7.06. The average Bonchev–Trinajstić information content (AvgIpc) is 2.46. The zero-order valence-electron chi connectivity index (χ0n) is 12.0. The summed E-state index contributed by atoms with van der Waals surface area (Å²) in [6.45, 7) is 0. The van der Waals surface area contributed by atoms with Gasteiger partial charge in [-0.25, -0.2) is 4.98 Å². The topological polar surface area (TPSA) is 42.2 Å². The second kappa shape index (κ2) is 5.26. The quantitative estimate of drug-likeness (QED) is 0.721. The third-order valence-electron chi connectivity index (χ3n) is 3.41. The molecule has 3 nitrogen and oxygen atoms in total. The molecule has 3 rings (SSSR count). The molecule has 0 spiro atoms. The van der Waals surface area contributed by atoms with Gasteiger partial charge in [0, 0.05) is 41.4 Å². The Labute approximate surface area is 129 Å². The van der Waals surface area contributed by atoms with Gasteiger partial charge in [0.1, 0.15) is 0 Å². The fourth-order valence-corrected chi connectivity index (χ4v) is 2.58. The number of nitrogens with zero attached hydrogens (tertiary/aromatic N) is 2. The molecule has 0 aliphatic rings. The minimum absolute atomic E-state index is 0.707. The van der Waals surface area contributed by atoms with Gasteiger partial charge in [-0.1, -0.05) is 23.7 Å². The van der Waals surface area contributed by atoms with E-state index in [0.29, 0.717) is 5.02 Å². The number of pyridine rings is 1. The van der Waals surface area contributed by atoms with E-state index >= 15 is 0 Å². The molecule has 0 saturated carbocycles. The lowest BCUT2D eigenvalue weighted by atomic mass is 10.1. The Morgan fingerprint density at radius 3 is 2.57 bits per heavy atom. The van der Waals surface area contributed by atoms with Crippen molar-refractivity contribution >= 4 is 33.9 Å². The van der Waals surface area contributed by atoms with Crippen molar-refractivity contribution in [1.82, 2.24) is 4.98 Å². The standard InChI is InChI=1S/C17H16ClN3/c1-21(2)17-10-16(11-4-3-5-12(18)8-11)20-15-7-6-13(19)9-14(15)17/h3-10H,19H2,1-2H3. The number of hydrogen-bond acceptors (Lipinski definition) is 3. The first-order chi connectivity index (χ1) is 10.0. The number of rotatable bonds is 2. The summed E-state index contributed by atoms with van der Waals surface area (Å²) in [4.78, 5) is 6.80. The van der Waals surface area contributed by atoms with E-state index in [2.05, 4.69) is 11.0 Å². The van der Waals surface area contributed by atoms with Crippen molar-refractivity contribution in [2.24, 2.45) is 0 Å². The molecule has 0 aliphatic heterocycles. The molecule has 0 unspecified atom stereocenters. The number of nitrogens with two attached hydrogens (primary N) is 1. The van der Waals surface area contributed by atoms with Gasteiger partial charge in [-0.05, 0) is 36.4 Å². The van der Waals surface area contributed by atoms with Gasteiger partial charge in [-0.15, -0.1) is 0 Å². The van der Waals surface area contributed by atoms with Gasteiger partial charge in [0.05, 0.1) is 11.2 Å². The molecule has 4 heteroatoms. The number of aromatic nitrogens is 1. The molecule has 2 N–H and O–H groups in total. The summed E-state index contributed by atoms with van der Waals surface area (Å²) in [5.74, 6) is 0. The van der Waals surface area contributed by atoms with Crippen molar-refractivity contribution in [2.45, 2.75) is 0 Å². The van der Waals surface area contributed by atoms with Crippen molar-refractivity contribution < 1.29 is 0 Å². The van der Waals surface area contributed by atoms with Gasteiger partial charge in [0.15, 0.2) is 0 Å². The van der Waals surface area contributed by atoms with Crippen molar-refractivity contribution in [1.29, 1.82) is 0 Å². The third kappa shape index (κ3) is 2.65. The Hall–Kier alpha value is -2.26. The molecule has 0 radical (unpaired) electrons. The molecule has 1 heterocycles. The molecule has 0 amide bonds. The Kier molecular flexibility index (Phi) is 3.43. The monoisotopic (exact) mass is 297 g/mol. The molecule has 0 aliphatic carbocycles. The van der Waals surface area contributed by atoms with Crippen LogP contribution in [0.4, 0.5) is 11.4 Å². The Bertz CT molecular complexity index is 812. The molecule has 0 fully saturated rings. The second-order valence-corrected chi connectivity index (χ2v) is 5.64. The summed E-state index contributed by atoms with van der Waals surface area (Å²) in [7, 11) is 4.03. The SMILES string of the molecule is CN(C)c1cc(-c2cccc(Cl)c2)nc2ccc(N)cc12. The van der Waals surface area contributed by atoms with Crippen LogP contribution in [0.15, 0.2) is 48.5 Å². The summed E-state index contributed by atoms with van der Waals surface area (Å²) in [5.41, 5.74) is 10.5. The largest absolute Gasteiger partial charge is 0.399 e. The van der Waals surface area contributed by atoms with E-state index in [1.807, 2.05) is 56.6 Å². The van der Waals surface area contributed by atoms with Crippen LogP contribution in [-0.4, -0.2) is 19.1 Å². The number of halogens is 1. The molecule has 21 heavy (non-hydrogen) atoms. The van der Waals surface area contributed by atoms with Crippen LogP contribution in [0, 0.1) is 0 Å². The van der Waals surface area contributed by atoms with Crippen LogP contribution in [0.2, 0.25) is 5.02 Å². The summed E-state index contributed by atoms with van der Waals surface area (Å²) in [6, 6.07) is 15.6. The average molecular weight is 298 g/mol. The van der Waals surface area contributed by atoms with E-state index in [1.54, 1.807) is 0 Å². The van der Waals surface area contributed by atoms with Crippen molar-refractivity contribution in [3.8, 4) is 11.3 Å². The first-order valence-electron chi connectivity index (χ1n) is 6.68. The van der Waals surface area contributed by atoms with Crippen molar-refractivity contribution in [3.05, 3.63) is 53.6 Å². The van der Waals surface area contributed by atoms with Gasteiger partial charge in [0.2, 0.25) is 0 Å². The lowest BCUT2D eigenvalue weighted by Crippen LogP contribution is -2.10. The minimum atomic E-state index is 0.707. The number of nitrogen functional groups attached to an aromatic ring is 1. The molecule has 0 bridgehead atoms. The number of benzene rings is 2. The molecular weight excluding hydrogens is 282 g/mol. The molecule has 0 atom stereocenters. The zero-order chi connectivity index (χ0) is 15.0. The van der Waals surface area contributed by atoms with Gasteiger partial charge in [-0.3, -0.25) is 0 Å². The lowest BCUT2D eigenvalue weighted by molar-refractivity contribution is 1.14. The highest BCUT2D eigenvalue weighted by Gasteiger charge is 2.10. The van der Waals surface area contributed by atoms with Crippen LogP contribution >= 0.6 is 11.6 Å². The maximum Gasteiger partial charge on any atom is 0.0731 e. The number of fused-ring (bicyclic) bond motifs is 1. The fraction of sp³-hybridized carbons (Fsp3) is 0.118. The van der Waals surface area contributed by atoms with Gasteiger partial charge < -0.3 is 10.6 Å². The number of hydrogen-bond donors (Lipinski definition) is 1. The van der Waals surface area contributed by atoms with Crippen LogP contribution in [0.5, 0.6) is 0 Å². The predicted octanol–water partition coefficient (Wildman–Crippen LogP) is 4.20. The second-order valence-electron chi connectivity index (χ2n) is 5.21.